The van der Waals surface area contributed by atoms with Crippen molar-refractivity contribution in [3.8, 4) is 5.75 Å². The number of nitrogens with one attached hydrogen (secondary N) is 2. The molecule has 0 saturated carbocycles. The monoisotopic (exact) mass is 387 g/mol. The summed E-state index contributed by atoms with van der Waals surface area (Å²) in [6.45, 7) is 0.333. The number of anilines is 1. The van der Waals surface area contributed by atoms with Crippen molar-refractivity contribution in [3.05, 3.63) is 70.5 Å². The van der Waals surface area contributed by atoms with Gasteiger partial charge in [-0.2, -0.15) is 0 Å². The molecule has 4 nitrogen and oxygen atoms in total. The minimum absolute atomic E-state index is 0.115. The molecule has 0 aliphatic heterocycles. The van der Waals surface area contributed by atoms with Gasteiger partial charge in [0.2, 0.25) is 0 Å². The van der Waals surface area contributed by atoms with Crippen molar-refractivity contribution in [2.24, 2.45) is 0 Å². The lowest BCUT2D eigenvalue weighted by Crippen LogP contribution is -2.28. The SMILES string of the molecule is O=C(NCc1ccc(Br)cc1)Nc1cccc2ccc([O-])c(F)c12. The maximum absolute atomic E-state index is 14.1. The Balaban J connectivity index is 1.76. The molecule has 0 fully saturated rings. The zero-order valence-electron chi connectivity index (χ0n) is 12.5. The van der Waals surface area contributed by atoms with Crippen LogP contribution in [0.4, 0.5) is 14.9 Å². The first-order valence-corrected chi connectivity index (χ1v) is 8.01. The molecule has 24 heavy (non-hydrogen) atoms. The van der Waals surface area contributed by atoms with Crippen LogP contribution in [0.15, 0.2) is 59.1 Å². The first kappa shape index (κ1) is 16.3. The topological polar surface area (TPSA) is 64.2 Å². The number of benzene rings is 3. The number of hydrogen-bond donors (Lipinski definition) is 2. The van der Waals surface area contributed by atoms with Gasteiger partial charge in [0, 0.05) is 16.4 Å². The summed E-state index contributed by atoms with van der Waals surface area (Å²) in [4.78, 5) is 12.1. The molecule has 122 valence electrons. The number of carbonyl (C=O) groups excluding carboxylic acids is 1. The number of halogens is 2. The van der Waals surface area contributed by atoms with Crippen LogP contribution in [0.25, 0.3) is 10.8 Å². The van der Waals surface area contributed by atoms with E-state index in [0.29, 0.717) is 11.9 Å². The summed E-state index contributed by atoms with van der Waals surface area (Å²) in [5.74, 6) is -1.57. The molecule has 0 heterocycles. The van der Waals surface area contributed by atoms with E-state index in [1.54, 1.807) is 18.2 Å². The zero-order valence-corrected chi connectivity index (χ0v) is 14.1. The summed E-state index contributed by atoms with van der Waals surface area (Å²) < 4.78 is 15.1. The lowest BCUT2D eigenvalue weighted by Gasteiger charge is -2.14. The van der Waals surface area contributed by atoms with Crippen molar-refractivity contribution in [1.82, 2.24) is 5.32 Å². The normalized spacial score (nSPS) is 10.6. The molecule has 0 aliphatic rings. The van der Waals surface area contributed by atoms with E-state index in [9.17, 15) is 14.3 Å². The average Bonchev–Trinajstić information content (AvgIpc) is 2.58. The van der Waals surface area contributed by atoms with E-state index in [1.165, 1.54) is 12.1 Å². The second kappa shape index (κ2) is 6.88. The van der Waals surface area contributed by atoms with E-state index in [2.05, 4.69) is 26.6 Å². The summed E-state index contributed by atoms with van der Waals surface area (Å²) in [6, 6.07) is 14.7. The highest BCUT2D eigenvalue weighted by molar-refractivity contribution is 9.10. The smallest absolute Gasteiger partial charge is 0.319 e. The number of hydrogen-bond acceptors (Lipinski definition) is 2. The van der Waals surface area contributed by atoms with Crippen LogP contribution in [0.5, 0.6) is 5.75 Å². The molecular weight excluding hydrogens is 375 g/mol. The van der Waals surface area contributed by atoms with Crippen molar-refractivity contribution in [2.75, 3.05) is 5.32 Å². The predicted molar refractivity (Wildman–Crippen MR) is 93.4 cm³/mol. The Hall–Kier alpha value is -2.60. The third-order valence-electron chi connectivity index (χ3n) is 3.56. The Kier molecular flexibility index (Phi) is 4.66. The van der Waals surface area contributed by atoms with Crippen molar-refractivity contribution < 1.29 is 14.3 Å². The highest BCUT2D eigenvalue weighted by Crippen LogP contribution is 2.30. The summed E-state index contributed by atoms with van der Waals surface area (Å²) >= 11 is 3.34. The van der Waals surface area contributed by atoms with Crippen molar-refractivity contribution >= 4 is 38.4 Å². The fraction of sp³-hybridized carbons (Fsp3) is 0.0556. The van der Waals surface area contributed by atoms with Gasteiger partial charge in [0.1, 0.15) is 5.82 Å². The predicted octanol–water partition coefficient (Wildman–Crippen LogP) is 4.14. The molecule has 2 N–H and O–H groups in total. The van der Waals surface area contributed by atoms with Gasteiger partial charge in [0.05, 0.1) is 5.69 Å². The maximum atomic E-state index is 14.1. The number of amides is 2. The van der Waals surface area contributed by atoms with Crippen LogP contribution < -0.4 is 15.7 Å². The molecular formula is C18H13BrFN2O2-. The highest BCUT2D eigenvalue weighted by atomic mass is 79.9. The lowest BCUT2D eigenvalue weighted by molar-refractivity contribution is -0.272. The summed E-state index contributed by atoms with van der Waals surface area (Å²) in [5.41, 5.74) is 1.19. The van der Waals surface area contributed by atoms with Crippen LogP contribution >= 0.6 is 15.9 Å². The molecule has 0 aliphatic carbocycles. The zero-order chi connectivity index (χ0) is 17.1. The summed E-state index contributed by atoms with van der Waals surface area (Å²) in [6.07, 6.45) is 0. The molecule has 6 heteroatoms. The third-order valence-corrected chi connectivity index (χ3v) is 4.09. The minimum atomic E-state index is -0.865. The molecule has 3 aromatic rings. The molecule has 0 radical (unpaired) electrons. The standard InChI is InChI=1S/C18H14BrFN2O2/c19-13-7-4-11(5-8-13)10-21-18(24)22-14-3-1-2-12-6-9-15(23)17(20)16(12)14/h1-9,23H,10H2,(H2,21,22,24)/p-1. The van der Waals surface area contributed by atoms with Crippen molar-refractivity contribution in [2.45, 2.75) is 6.54 Å². The Morgan fingerprint density at radius 1 is 1.08 bits per heavy atom. The van der Waals surface area contributed by atoms with Crippen LogP contribution in [0.1, 0.15) is 5.56 Å². The van der Waals surface area contributed by atoms with E-state index in [-0.39, 0.29) is 11.1 Å². The highest BCUT2D eigenvalue weighted by Gasteiger charge is 2.09. The van der Waals surface area contributed by atoms with Crippen molar-refractivity contribution in [1.29, 1.82) is 0 Å². The third kappa shape index (κ3) is 3.49. The van der Waals surface area contributed by atoms with Gasteiger partial charge in [-0.05, 0) is 29.1 Å². The lowest BCUT2D eigenvalue weighted by atomic mass is 10.1. The Morgan fingerprint density at radius 2 is 1.83 bits per heavy atom. The molecule has 0 aromatic heterocycles. The van der Waals surface area contributed by atoms with Crippen LogP contribution in [0, 0.1) is 5.82 Å². The van der Waals surface area contributed by atoms with E-state index in [1.807, 2.05) is 24.3 Å². The van der Waals surface area contributed by atoms with E-state index in [4.69, 9.17) is 0 Å². The van der Waals surface area contributed by atoms with Gasteiger partial charge in [-0.25, -0.2) is 9.18 Å². The molecule has 0 spiro atoms. The number of carbonyl (C=O) groups is 1. The van der Waals surface area contributed by atoms with Gasteiger partial charge in [-0.15, -0.1) is 0 Å². The second-order valence-corrected chi connectivity index (χ2v) is 6.13. The molecule has 0 unspecified atom stereocenters. The number of urea groups is 1. The van der Waals surface area contributed by atoms with E-state index >= 15 is 0 Å². The molecule has 0 atom stereocenters. The van der Waals surface area contributed by atoms with Gasteiger partial charge in [0.25, 0.3) is 0 Å². The van der Waals surface area contributed by atoms with E-state index in [0.717, 1.165) is 10.0 Å². The van der Waals surface area contributed by atoms with Gasteiger partial charge >= 0.3 is 6.03 Å². The second-order valence-electron chi connectivity index (χ2n) is 5.22. The molecule has 2 amide bonds. The molecule has 3 rings (SSSR count). The largest absolute Gasteiger partial charge is 0.870 e. The number of rotatable bonds is 3. The van der Waals surface area contributed by atoms with Gasteiger partial charge < -0.3 is 15.7 Å². The maximum Gasteiger partial charge on any atom is 0.319 e. The first-order valence-electron chi connectivity index (χ1n) is 7.22. The molecule has 0 saturated heterocycles. The fourth-order valence-corrected chi connectivity index (χ4v) is 2.64. The van der Waals surface area contributed by atoms with Gasteiger partial charge in [-0.1, -0.05) is 58.1 Å². The quantitative estimate of drug-likeness (QED) is 0.709. The number of fused-ring (bicyclic) bond motifs is 1. The Labute approximate surface area is 146 Å². The minimum Gasteiger partial charge on any atom is -0.870 e. The summed E-state index contributed by atoms with van der Waals surface area (Å²) in [7, 11) is 0. The Bertz CT molecular complexity index is 897. The molecule has 0 bridgehead atoms. The van der Waals surface area contributed by atoms with Crippen LogP contribution in [-0.4, -0.2) is 6.03 Å². The summed E-state index contributed by atoms with van der Waals surface area (Å²) in [5, 5.41) is 17.5. The fourth-order valence-electron chi connectivity index (χ4n) is 2.37. The van der Waals surface area contributed by atoms with Gasteiger partial charge in [0.15, 0.2) is 0 Å². The van der Waals surface area contributed by atoms with Gasteiger partial charge in [-0.3, -0.25) is 0 Å². The van der Waals surface area contributed by atoms with E-state index < -0.39 is 17.6 Å². The van der Waals surface area contributed by atoms with Crippen LogP contribution in [-0.2, 0) is 6.54 Å². The molecule has 3 aromatic carbocycles. The van der Waals surface area contributed by atoms with Crippen LogP contribution in [0.2, 0.25) is 0 Å². The Morgan fingerprint density at radius 3 is 2.58 bits per heavy atom. The van der Waals surface area contributed by atoms with Crippen LogP contribution in [0.3, 0.4) is 0 Å². The average molecular weight is 388 g/mol. The van der Waals surface area contributed by atoms with Crippen molar-refractivity contribution in [3.63, 3.8) is 0 Å². The first-order chi connectivity index (χ1) is 11.5.